The highest BCUT2D eigenvalue weighted by Gasteiger charge is 2.23. The Morgan fingerprint density at radius 1 is 1.17 bits per heavy atom. The Morgan fingerprint density at radius 3 is 2.39 bits per heavy atom. The lowest BCUT2D eigenvalue weighted by atomic mass is 10.1. The summed E-state index contributed by atoms with van der Waals surface area (Å²) in [5, 5.41) is 3.14. The molecule has 0 unspecified atom stereocenters. The molecule has 10 heteroatoms. The van der Waals surface area contributed by atoms with Gasteiger partial charge in [0.1, 0.15) is 0 Å². The van der Waals surface area contributed by atoms with E-state index in [-0.39, 0.29) is 28.2 Å². The van der Waals surface area contributed by atoms with Crippen molar-refractivity contribution in [2.45, 2.75) is 35.6 Å². The van der Waals surface area contributed by atoms with Gasteiger partial charge in [0, 0.05) is 12.6 Å². The fourth-order valence-corrected chi connectivity index (χ4v) is 4.75. The molecular weight excluding hydrogens is 362 g/mol. The minimum atomic E-state index is -3.66. The lowest BCUT2D eigenvalue weighted by Gasteiger charge is -2.23. The van der Waals surface area contributed by atoms with Crippen molar-refractivity contribution in [2.75, 3.05) is 20.1 Å². The van der Waals surface area contributed by atoms with Gasteiger partial charge in [0.25, 0.3) is 0 Å². The molecule has 23 heavy (non-hydrogen) atoms. The average molecular weight is 384 g/mol. The van der Waals surface area contributed by atoms with Crippen molar-refractivity contribution in [2.24, 2.45) is 0 Å². The highest BCUT2D eigenvalue weighted by molar-refractivity contribution is 7.90. The molecule has 2 rings (SSSR count). The first kappa shape index (κ1) is 20.3. The number of rotatable bonds is 5. The van der Waals surface area contributed by atoms with Crippen LogP contribution < -0.4 is 14.8 Å². The Hall–Kier alpha value is -0.710. The molecule has 1 atom stereocenters. The van der Waals surface area contributed by atoms with Crippen molar-refractivity contribution < 1.29 is 16.8 Å². The van der Waals surface area contributed by atoms with Crippen molar-refractivity contribution >= 4 is 32.5 Å². The molecule has 1 fully saturated rings. The van der Waals surface area contributed by atoms with Gasteiger partial charge in [-0.15, -0.1) is 12.4 Å². The van der Waals surface area contributed by atoms with Gasteiger partial charge in [-0.3, -0.25) is 0 Å². The molecule has 0 amide bonds. The van der Waals surface area contributed by atoms with Crippen LogP contribution in [0.25, 0.3) is 0 Å². The van der Waals surface area contributed by atoms with Crippen molar-refractivity contribution in [1.82, 2.24) is 14.8 Å². The first-order valence-electron chi connectivity index (χ1n) is 7.03. The largest absolute Gasteiger partial charge is 0.315 e. The normalized spacial score (nSPS) is 19.1. The zero-order valence-corrected chi connectivity index (χ0v) is 15.4. The third-order valence-electron chi connectivity index (χ3n) is 3.63. The topological polar surface area (TPSA) is 104 Å². The van der Waals surface area contributed by atoms with E-state index in [0.29, 0.717) is 12.1 Å². The molecule has 0 radical (unpaired) electrons. The quantitative estimate of drug-likeness (QED) is 0.680. The molecule has 3 N–H and O–H groups in total. The van der Waals surface area contributed by atoms with Gasteiger partial charge in [-0.25, -0.2) is 26.3 Å². The van der Waals surface area contributed by atoms with Crippen LogP contribution >= 0.6 is 12.4 Å². The van der Waals surface area contributed by atoms with Crippen LogP contribution in [0.5, 0.6) is 0 Å². The summed E-state index contributed by atoms with van der Waals surface area (Å²) in [6.45, 7) is 3.07. The zero-order valence-electron chi connectivity index (χ0n) is 13.0. The molecule has 1 saturated heterocycles. The molecule has 7 nitrogen and oxygen atoms in total. The highest BCUT2D eigenvalue weighted by atomic mass is 35.5. The summed E-state index contributed by atoms with van der Waals surface area (Å²) >= 11 is 0. The molecule has 0 aliphatic carbocycles. The Kier molecular flexibility index (Phi) is 6.99. The van der Waals surface area contributed by atoms with Gasteiger partial charge in [-0.1, -0.05) is 0 Å². The standard InChI is InChI=1S/C13H21N3O4S2.ClH/c1-10-8-12(5-6-13(10)22(19,20)14-2)21(17,18)16-11-4-3-7-15-9-11;/h5-6,8,11,14-16H,3-4,7,9H2,1-2H3;1H/t11-;/m1./s1. The first-order valence-corrected chi connectivity index (χ1v) is 10.00. The van der Waals surface area contributed by atoms with E-state index in [4.69, 9.17) is 0 Å². The van der Waals surface area contributed by atoms with Crippen molar-refractivity contribution in [3.8, 4) is 0 Å². The number of aryl methyl sites for hydroxylation is 1. The highest BCUT2D eigenvalue weighted by Crippen LogP contribution is 2.20. The van der Waals surface area contributed by atoms with Gasteiger partial charge >= 0.3 is 0 Å². The summed E-state index contributed by atoms with van der Waals surface area (Å²) in [5.74, 6) is 0. The third-order valence-corrected chi connectivity index (χ3v) is 6.73. The van der Waals surface area contributed by atoms with Crippen molar-refractivity contribution in [1.29, 1.82) is 0 Å². The van der Waals surface area contributed by atoms with Crippen LogP contribution in [0.3, 0.4) is 0 Å². The van der Waals surface area contributed by atoms with Gasteiger partial charge in [0.2, 0.25) is 20.0 Å². The molecule has 0 saturated carbocycles. The van der Waals surface area contributed by atoms with Crippen LogP contribution in [0.4, 0.5) is 0 Å². The van der Waals surface area contributed by atoms with E-state index in [1.807, 2.05) is 0 Å². The van der Waals surface area contributed by atoms with Crippen molar-refractivity contribution in [3.05, 3.63) is 23.8 Å². The van der Waals surface area contributed by atoms with Crippen molar-refractivity contribution in [3.63, 3.8) is 0 Å². The van der Waals surface area contributed by atoms with Gasteiger partial charge in [0.05, 0.1) is 9.79 Å². The van der Waals surface area contributed by atoms with E-state index in [2.05, 4.69) is 14.8 Å². The van der Waals surface area contributed by atoms with Crippen LogP contribution in [0.1, 0.15) is 18.4 Å². The predicted molar refractivity (Wildman–Crippen MR) is 90.9 cm³/mol. The summed E-state index contributed by atoms with van der Waals surface area (Å²) in [6.07, 6.45) is 1.71. The maximum atomic E-state index is 12.4. The number of halogens is 1. The van der Waals surface area contributed by atoms with Crippen LogP contribution in [0.15, 0.2) is 28.0 Å². The van der Waals surface area contributed by atoms with Crippen LogP contribution in [-0.2, 0) is 20.0 Å². The Bertz CT molecular complexity index is 744. The summed E-state index contributed by atoms with van der Waals surface area (Å²) in [5.41, 5.74) is 0.388. The third kappa shape index (κ3) is 4.88. The Balaban J connectivity index is 0.00000264. The van der Waals surface area contributed by atoms with Crippen LogP contribution in [0, 0.1) is 6.92 Å². The molecule has 1 aliphatic heterocycles. The van der Waals surface area contributed by atoms with Gasteiger partial charge in [0.15, 0.2) is 0 Å². The lowest BCUT2D eigenvalue weighted by Crippen LogP contribution is -2.45. The second kappa shape index (κ2) is 7.91. The van der Waals surface area contributed by atoms with E-state index in [9.17, 15) is 16.8 Å². The summed E-state index contributed by atoms with van der Waals surface area (Å²) < 4.78 is 53.3. The number of sulfonamides is 2. The summed E-state index contributed by atoms with van der Waals surface area (Å²) in [4.78, 5) is 0.152. The Morgan fingerprint density at radius 2 is 1.87 bits per heavy atom. The number of hydrogen-bond acceptors (Lipinski definition) is 5. The second-order valence-corrected chi connectivity index (χ2v) is 8.87. The van der Waals surface area contributed by atoms with E-state index >= 15 is 0 Å². The number of hydrogen-bond donors (Lipinski definition) is 3. The monoisotopic (exact) mass is 383 g/mol. The minimum Gasteiger partial charge on any atom is -0.315 e. The van der Waals surface area contributed by atoms with Crippen LogP contribution in [0.2, 0.25) is 0 Å². The SMILES string of the molecule is CNS(=O)(=O)c1ccc(S(=O)(=O)N[C@@H]2CCCNC2)cc1C.Cl. The zero-order chi connectivity index (χ0) is 16.4. The van der Waals surface area contributed by atoms with Crippen LogP contribution in [-0.4, -0.2) is 43.0 Å². The maximum Gasteiger partial charge on any atom is 0.240 e. The molecule has 0 aromatic heterocycles. The number of piperidine rings is 1. The second-order valence-electron chi connectivity index (χ2n) is 5.30. The lowest BCUT2D eigenvalue weighted by molar-refractivity contribution is 0.428. The van der Waals surface area contributed by atoms with E-state index < -0.39 is 20.0 Å². The van der Waals surface area contributed by atoms with Gasteiger partial charge in [-0.2, -0.15) is 0 Å². The Labute approximate surface area is 143 Å². The fourth-order valence-electron chi connectivity index (χ4n) is 2.44. The molecule has 1 heterocycles. The molecule has 1 aliphatic rings. The number of nitrogens with one attached hydrogen (secondary N) is 3. The predicted octanol–water partition coefficient (Wildman–Crippen LogP) is 0.355. The minimum absolute atomic E-state index is 0. The summed E-state index contributed by atoms with van der Waals surface area (Å²) in [7, 11) is -5.93. The van der Waals surface area contributed by atoms with E-state index in [0.717, 1.165) is 19.4 Å². The first-order chi connectivity index (χ1) is 10.3. The fraction of sp³-hybridized carbons (Fsp3) is 0.538. The maximum absolute atomic E-state index is 12.4. The molecule has 0 spiro atoms. The van der Waals surface area contributed by atoms with E-state index in [1.54, 1.807) is 6.92 Å². The van der Waals surface area contributed by atoms with E-state index in [1.165, 1.54) is 25.2 Å². The average Bonchev–Trinajstić information content (AvgIpc) is 2.47. The smallest absolute Gasteiger partial charge is 0.240 e. The van der Waals surface area contributed by atoms with Gasteiger partial charge < -0.3 is 5.32 Å². The molecule has 1 aromatic carbocycles. The summed E-state index contributed by atoms with van der Waals surface area (Å²) in [6, 6.07) is 3.87. The number of benzene rings is 1. The van der Waals surface area contributed by atoms with Gasteiger partial charge in [-0.05, 0) is 57.1 Å². The molecule has 0 bridgehead atoms. The molecule has 1 aromatic rings. The molecule has 132 valence electrons. The molecular formula is C13H22ClN3O4S2.